The number of nitrogens with zero attached hydrogens (tertiary/aromatic N) is 4. The lowest BCUT2D eigenvalue weighted by molar-refractivity contribution is -0.129. The predicted octanol–water partition coefficient (Wildman–Crippen LogP) is 2.20. The Kier molecular flexibility index (Phi) is 6.42. The zero-order chi connectivity index (χ0) is 21.0. The maximum absolute atomic E-state index is 13.0. The summed E-state index contributed by atoms with van der Waals surface area (Å²) in [5, 5.41) is 0. The summed E-state index contributed by atoms with van der Waals surface area (Å²) in [7, 11) is -3.57. The topological polar surface area (TPSA) is 73.8 Å². The van der Waals surface area contributed by atoms with Crippen LogP contribution in [0, 0.1) is 13.8 Å². The number of aryl methyl sites for hydroxylation is 2. The molecule has 0 aliphatic carbocycles. The molecule has 0 radical (unpaired) electrons. The Hall–Kier alpha value is -2.61. The van der Waals surface area contributed by atoms with Crippen molar-refractivity contribution in [3.8, 4) is 0 Å². The summed E-state index contributed by atoms with van der Waals surface area (Å²) in [6.07, 6.45) is 5.59. The fourth-order valence-corrected chi connectivity index (χ4v) is 4.48. The van der Waals surface area contributed by atoms with Gasteiger partial charge < -0.3 is 9.80 Å². The average Bonchev–Trinajstić information content (AvgIpc) is 2.91. The number of sulfonamides is 1. The second-order valence-electron chi connectivity index (χ2n) is 7.49. The molecular weight excluding hydrogens is 388 g/mol. The van der Waals surface area contributed by atoms with E-state index in [0.29, 0.717) is 25.3 Å². The summed E-state index contributed by atoms with van der Waals surface area (Å²) in [5.41, 5.74) is 3.70. The Morgan fingerprint density at radius 3 is 2.62 bits per heavy atom. The molecule has 2 heterocycles. The Morgan fingerprint density at radius 2 is 1.93 bits per heavy atom. The van der Waals surface area contributed by atoms with E-state index in [0.717, 1.165) is 36.0 Å². The normalized spacial score (nSPS) is 15.1. The minimum Gasteiger partial charge on any atom is -0.369 e. The average molecular weight is 417 g/mol. The summed E-state index contributed by atoms with van der Waals surface area (Å²) < 4.78 is 25.9. The third-order valence-electron chi connectivity index (χ3n) is 5.15. The molecule has 1 aromatic carbocycles. The maximum atomic E-state index is 13.0. The molecule has 1 fully saturated rings. The maximum Gasteiger partial charge on any atom is 0.243 e. The number of aromatic nitrogens is 1. The highest BCUT2D eigenvalue weighted by molar-refractivity contribution is 7.92. The van der Waals surface area contributed by atoms with Crippen molar-refractivity contribution >= 4 is 27.3 Å². The molecule has 1 amide bonds. The van der Waals surface area contributed by atoms with Crippen LogP contribution in [-0.2, 0) is 14.8 Å². The van der Waals surface area contributed by atoms with Crippen LogP contribution >= 0.6 is 0 Å². The molecule has 1 aromatic heterocycles. The monoisotopic (exact) mass is 416 g/mol. The second kappa shape index (κ2) is 8.82. The Labute approximate surface area is 173 Å². The number of amides is 1. The zero-order valence-electron chi connectivity index (χ0n) is 17.2. The largest absolute Gasteiger partial charge is 0.369 e. The minimum atomic E-state index is -3.57. The van der Waals surface area contributed by atoms with Crippen LogP contribution in [0.25, 0.3) is 0 Å². The number of pyridine rings is 1. The van der Waals surface area contributed by atoms with E-state index < -0.39 is 10.0 Å². The van der Waals surface area contributed by atoms with Crippen LogP contribution in [0.15, 0.2) is 42.7 Å². The summed E-state index contributed by atoms with van der Waals surface area (Å²) in [5.74, 6) is -0.176. The molecule has 0 saturated carbocycles. The number of carbonyl (C=O) groups excluding carboxylic acids is 1. The SMILES string of the molecule is Cc1cccc(N(CC(=O)N2CCCN(c3ccncc3C)CC2)S(C)(=O)=O)c1. The van der Waals surface area contributed by atoms with Gasteiger partial charge in [0.1, 0.15) is 6.54 Å². The Balaban J connectivity index is 1.72. The number of benzene rings is 1. The molecule has 0 spiro atoms. The highest BCUT2D eigenvalue weighted by Gasteiger charge is 2.26. The number of carbonyl (C=O) groups is 1. The van der Waals surface area contributed by atoms with Crippen LogP contribution in [0.3, 0.4) is 0 Å². The van der Waals surface area contributed by atoms with Crippen molar-refractivity contribution in [3.63, 3.8) is 0 Å². The van der Waals surface area contributed by atoms with Gasteiger partial charge in [0, 0.05) is 44.3 Å². The van der Waals surface area contributed by atoms with Gasteiger partial charge in [0.2, 0.25) is 15.9 Å². The second-order valence-corrected chi connectivity index (χ2v) is 9.40. The Morgan fingerprint density at radius 1 is 1.14 bits per heavy atom. The molecule has 0 N–H and O–H groups in total. The van der Waals surface area contributed by atoms with Gasteiger partial charge in [0.15, 0.2) is 0 Å². The molecule has 3 rings (SSSR count). The molecule has 2 aromatic rings. The first-order chi connectivity index (χ1) is 13.8. The van der Waals surface area contributed by atoms with E-state index in [1.165, 1.54) is 4.31 Å². The van der Waals surface area contributed by atoms with Gasteiger partial charge in [-0.25, -0.2) is 8.42 Å². The van der Waals surface area contributed by atoms with Crippen molar-refractivity contribution in [2.45, 2.75) is 20.3 Å². The number of hydrogen-bond acceptors (Lipinski definition) is 5. The van der Waals surface area contributed by atoms with Gasteiger partial charge in [-0.15, -0.1) is 0 Å². The molecule has 1 aliphatic rings. The van der Waals surface area contributed by atoms with Crippen LogP contribution in [0.1, 0.15) is 17.5 Å². The van der Waals surface area contributed by atoms with Gasteiger partial charge in [0.05, 0.1) is 11.9 Å². The smallest absolute Gasteiger partial charge is 0.243 e. The summed E-state index contributed by atoms with van der Waals surface area (Å²) in [6, 6.07) is 9.20. The van der Waals surface area contributed by atoms with Gasteiger partial charge in [0.25, 0.3) is 0 Å². The molecule has 1 aliphatic heterocycles. The highest BCUT2D eigenvalue weighted by Crippen LogP contribution is 2.21. The van der Waals surface area contributed by atoms with E-state index in [2.05, 4.69) is 9.88 Å². The minimum absolute atomic E-state index is 0.176. The van der Waals surface area contributed by atoms with E-state index in [1.54, 1.807) is 29.3 Å². The van der Waals surface area contributed by atoms with Crippen molar-refractivity contribution in [2.75, 3.05) is 48.2 Å². The van der Waals surface area contributed by atoms with Crippen molar-refractivity contribution < 1.29 is 13.2 Å². The van der Waals surface area contributed by atoms with Crippen molar-refractivity contribution in [1.82, 2.24) is 9.88 Å². The van der Waals surface area contributed by atoms with Gasteiger partial charge in [-0.2, -0.15) is 0 Å². The third kappa shape index (κ3) is 5.26. The number of rotatable bonds is 5. The van der Waals surface area contributed by atoms with E-state index in [-0.39, 0.29) is 12.5 Å². The summed E-state index contributed by atoms with van der Waals surface area (Å²) >= 11 is 0. The molecule has 1 saturated heterocycles. The third-order valence-corrected chi connectivity index (χ3v) is 6.29. The van der Waals surface area contributed by atoms with Crippen LogP contribution in [0.4, 0.5) is 11.4 Å². The first-order valence-electron chi connectivity index (χ1n) is 9.73. The quantitative estimate of drug-likeness (QED) is 0.747. The fourth-order valence-electron chi connectivity index (χ4n) is 3.63. The molecule has 7 nitrogen and oxygen atoms in total. The van der Waals surface area contributed by atoms with E-state index in [1.807, 2.05) is 32.2 Å². The number of hydrogen-bond donors (Lipinski definition) is 0. The van der Waals surface area contributed by atoms with Crippen molar-refractivity contribution in [2.24, 2.45) is 0 Å². The zero-order valence-corrected chi connectivity index (χ0v) is 18.0. The molecule has 0 unspecified atom stereocenters. The molecule has 0 bridgehead atoms. The standard InChI is InChI=1S/C21H28N4O3S/c1-17-6-4-7-19(14-17)25(29(3,27)28)16-21(26)24-11-5-10-23(12-13-24)20-8-9-22-15-18(20)2/h4,6-9,14-15H,5,10-13,16H2,1-3H3. The lowest BCUT2D eigenvalue weighted by Gasteiger charge is -2.27. The highest BCUT2D eigenvalue weighted by atomic mass is 32.2. The van der Waals surface area contributed by atoms with Crippen LogP contribution in [0.5, 0.6) is 0 Å². The summed E-state index contributed by atoms with van der Waals surface area (Å²) in [4.78, 5) is 21.1. The lowest BCUT2D eigenvalue weighted by Crippen LogP contribution is -2.44. The van der Waals surface area contributed by atoms with Gasteiger partial charge in [-0.05, 0) is 49.6 Å². The molecule has 29 heavy (non-hydrogen) atoms. The van der Waals surface area contributed by atoms with Gasteiger partial charge >= 0.3 is 0 Å². The van der Waals surface area contributed by atoms with Gasteiger partial charge in [-0.1, -0.05) is 12.1 Å². The van der Waals surface area contributed by atoms with Crippen LogP contribution in [-0.4, -0.2) is 63.2 Å². The van der Waals surface area contributed by atoms with Crippen molar-refractivity contribution in [3.05, 3.63) is 53.9 Å². The van der Waals surface area contributed by atoms with Crippen LogP contribution in [0.2, 0.25) is 0 Å². The molecular formula is C21H28N4O3S. The predicted molar refractivity (Wildman–Crippen MR) is 116 cm³/mol. The Bertz CT molecular complexity index is 977. The van der Waals surface area contributed by atoms with E-state index >= 15 is 0 Å². The first-order valence-corrected chi connectivity index (χ1v) is 11.6. The van der Waals surface area contributed by atoms with Gasteiger partial charge in [-0.3, -0.25) is 14.1 Å². The molecule has 156 valence electrons. The lowest BCUT2D eigenvalue weighted by atomic mass is 10.2. The van der Waals surface area contributed by atoms with E-state index in [4.69, 9.17) is 0 Å². The fraction of sp³-hybridized carbons (Fsp3) is 0.429. The van der Waals surface area contributed by atoms with Crippen molar-refractivity contribution in [1.29, 1.82) is 0 Å². The number of anilines is 2. The molecule has 0 atom stereocenters. The van der Waals surface area contributed by atoms with Crippen LogP contribution < -0.4 is 9.21 Å². The summed E-state index contributed by atoms with van der Waals surface area (Å²) in [6.45, 7) is 6.48. The molecule has 8 heteroatoms. The first kappa shape index (κ1) is 21.1. The van der Waals surface area contributed by atoms with E-state index in [9.17, 15) is 13.2 Å².